The van der Waals surface area contributed by atoms with Crippen LogP contribution < -0.4 is 10.6 Å². The Balaban J connectivity index is 1.95. The minimum absolute atomic E-state index is 0.0233. The SMILES string of the molecule is CNC(=O)c1coc(NC(=O)Cc2cccs2)n1. The monoisotopic (exact) mass is 265 g/mol. The van der Waals surface area contributed by atoms with Crippen molar-refractivity contribution in [2.45, 2.75) is 6.42 Å². The third kappa shape index (κ3) is 2.95. The van der Waals surface area contributed by atoms with Gasteiger partial charge in [-0.15, -0.1) is 11.3 Å². The van der Waals surface area contributed by atoms with E-state index >= 15 is 0 Å². The van der Waals surface area contributed by atoms with Crippen LogP contribution in [0.1, 0.15) is 15.4 Å². The molecular weight excluding hydrogens is 254 g/mol. The van der Waals surface area contributed by atoms with E-state index in [0.29, 0.717) is 0 Å². The number of carbonyl (C=O) groups excluding carboxylic acids is 2. The molecule has 0 aliphatic rings. The Labute approximate surface area is 107 Å². The van der Waals surface area contributed by atoms with Gasteiger partial charge in [0.25, 0.3) is 5.91 Å². The number of amides is 2. The topological polar surface area (TPSA) is 84.2 Å². The number of hydrogen-bond acceptors (Lipinski definition) is 5. The lowest BCUT2D eigenvalue weighted by atomic mass is 10.3. The summed E-state index contributed by atoms with van der Waals surface area (Å²) in [4.78, 5) is 27.6. The maximum absolute atomic E-state index is 11.6. The number of thiophene rings is 1. The van der Waals surface area contributed by atoms with E-state index in [-0.39, 0.29) is 29.9 Å². The van der Waals surface area contributed by atoms with Crippen molar-refractivity contribution in [1.82, 2.24) is 10.3 Å². The first kappa shape index (κ1) is 12.3. The van der Waals surface area contributed by atoms with Gasteiger partial charge in [-0.25, -0.2) is 0 Å². The summed E-state index contributed by atoms with van der Waals surface area (Å²) < 4.78 is 4.98. The van der Waals surface area contributed by atoms with Gasteiger partial charge < -0.3 is 9.73 Å². The largest absolute Gasteiger partial charge is 0.431 e. The normalized spacial score (nSPS) is 10.1. The number of oxazole rings is 1. The van der Waals surface area contributed by atoms with Crippen LogP contribution in [0.15, 0.2) is 28.2 Å². The Morgan fingerprint density at radius 3 is 3.00 bits per heavy atom. The fourth-order valence-electron chi connectivity index (χ4n) is 1.30. The average Bonchev–Trinajstić information content (AvgIpc) is 2.99. The molecule has 0 saturated heterocycles. The fraction of sp³-hybridized carbons (Fsp3) is 0.182. The molecule has 2 amide bonds. The van der Waals surface area contributed by atoms with Gasteiger partial charge in [0.15, 0.2) is 5.69 Å². The third-order valence-corrected chi connectivity index (χ3v) is 3.00. The van der Waals surface area contributed by atoms with Crippen LogP contribution in [0.3, 0.4) is 0 Å². The van der Waals surface area contributed by atoms with Gasteiger partial charge in [-0.05, 0) is 11.4 Å². The summed E-state index contributed by atoms with van der Waals surface area (Å²) in [5.41, 5.74) is 0.129. The van der Waals surface area contributed by atoms with E-state index in [1.165, 1.54) is 24.6 Å². The van der Waals surface area contributed by atoms with Crippen LogP contribution in [0.4, 0.5) is 6.01 Å². The second kappa shape index (κ2) is 5.46. The zero-order valence-electron chi connectivity index (χ0n) is 9.60. The molecule has 0 aliphatic heterocycles. The minimum atomic E-state index is -0.363. The lowest BCUT2D eigenvalue weighted by Crippen LogP contribution is -2.18. The van der Waals surface area contributed by atoms with E-state index in [1.807, 2.05) is 17.5 Å². The summed E-state index contributed by atoms with van der Waals surface area (Å²) in [7, 11) is 1.49. The molecule has 0 fully saturated rings. The number of rotatable bonds is 4. The zero-order valence-corrected chi connectivity index (χ0v) is 10.4. The summed E-state index contributed by atoms with van der Waals surface area (Å²) in [5.74, 6) is -0.597. The van der Waals surface area contributed by atoms with Crippen molar-refractivity contribution in [2.24, 2.45) is 0 Å². The van der Waals surface area contributed by atoms with Crippen molar-refractivity contribution in [3.8, 4) is 0 Å². The van der Waals surface area contributed by atoms with Crippen LogP contribution in [0.25, 0.3) is 0 Å². The molecule has 94 valence electrons. The molecule has 2 rings (SSSR count). The van der Waals surface area contributed by atoms with Gasteiger partial charge in [0, 0.05) is 11.9 Å². The van der Waals surface area contributed by atoms with Crippen molar-refractivity contribution >= 4 is 29.2 Å². The molecule has 2 aromatic heterocycles. The number of nitrogens with one attached hydrogen (secondary N) is 2. The van der Waals surface area contributed by atoms with Gasteiger partial charge in [-0.2, -0.15) is 4.98 Å². The Kier molecular flexibility index (Phi) is 3.73. The Morgan fingerprint density at radius 1 is 1.50 bits per heavy atom. The Morgan fingerprint density at radius 2 is 2.33 bits per heavy atom. The standard InChI is InChI=1S/C11H11N3O3S/c1-12-10(16)8-6-17-11(13-8)14-9(15)5-7-3-2-4-18-7/h2-4,6H,5H2,1H3,(H,12,16)(H,13,14,15). The molecule has 18 heavy (non-hydrogen) atoms. The summed E-state index contributed by atoms with van der Waals surface area (Å²) in [5, 5.41) is 6.80. The van der Waals surface area contributed by atoms with E-state index in [4.69, 9.17) is 4.42 Å². The van der Waals surface area contributed by atoms with Gasteiger partial charge in [0.05, 0.1) is 6.42 Å². The fourth-order valence-corrected chi connectivity index (χ4v) is 2.00. The van der Waals surface area contributed by atoms with Crippen molar-refractivity contribution in [1.29, 1.82) is 0 Å². The highest BCUT2D eigenvalue weighted by molar-refractivity contribution is 7.10. The van der Waals surface area contributed by atoms with Crippen LogP contribution in [0.5, 0.6) is 0 Å². The lowest BCUT2D eigenvalue weighted by molar-refractivity contribution is -0.115. The van der Waals surface area contributed by atoms with Crippen LogP contribution in [0, 0.1) is 0 Å². The first-order valence-corrected chi connectivity index (χ1v) is 6.07. The van der Waals surface area contributed by atoms with Gasteiger partial charge in [0.1, 0.15) is 6.26 Å². The van der Waals surface area contributed by atoms with Crippen LogP contribution >= 0.6 is 11.3 Å². The van der Waals surface area contributed by atoms with Crippen LogP contribution in [-0.2, 0) is 11.2 Å². The van der Waals surface area contributed by atoms with E-state index in [2.05, 4.69) is 15.6 Å². The predicted octanol–water partition coefficient (Wildman–Crippen LogP) is 1.28. The van der Waals surface area contributed by atoms with Gasteiger partial charge >= 0.3 is 6.01 Å². The summed E-state index contributed by atoms with van der Waals surface area (Å²) in [6.45, 7) is 0. The number of nitrogens with zero attached hydrogens (tertiary/aromatic N) is 1. The molecule has 0 bridgehead atoms. The minimum Gasteiger partial charge on any atom is -0.431 e. The first-order chi connectivity index (χ1) is 8.69. The van der Waals surface area contributed by atoms with Crippen molar-refractivity contribution in [3.63, 3.8) is 0 Å². The Bertz CT molecular complexity index is 548. The smallest absolute Gasteiger partial charge is 0.302 e. The van der Waals surface area contributed by atoms with Crippen molar-refractivity contribution < 1.29 is 14.0 Å². The second-order valence-corrected chi connectivity index (χ2v) is 4.45. The molecule has 0 aromatic carbocycles. The quantitative estimate of drug-likeness (QED) is 0.872. The first-order valence-electron chi connectivity index (χ1n) is 5.19. The number of aromatic nitrogens is 1. The second-order valence-electron chi connectivity index (χ2n) is 3.42. The molecule has 2 heterocycles. The molecule has 0 atom stereocenters. The van der Waals surface area contributed by atoms with E-state index in [1.54, 1.807) is 0 Å². The maximum Gasteiger partial charge on any atom is 0.302 e. The number of hydrogen-bond donors (Lipinski definition) is 2. The number of carbonyl (C=O) groups is 2. The van der Waals surface area contributed by atoms with Crippen LogP contribution in [-0.4, -0.2) is 23.8 Å². The number of anilines is 1. The van der Waals surface area contributed by atoms with E-state index in [0.717, 1.165) is 4.88 Å². The molecule has 2 N–H and O–H groups in total. The molecule has 0 saturated carbocycles. The molecule has 0 radical (unpaired) electrons. The van der Waals surface area contributed by atoms with Crippen LogP contribution in [0.2, 0.25) is 0 Å². The lowest BCUT2D eigenvalue weighted by Gasteiger charge is -1.98. The summed E-state index contributed by atoms with van der Waals surface area (Å²) in [6, 6.07) is 3.77. The van der Waals surface area contributed by atoms with Gasteiger partial charge in [0.2, 0.25) is 5.91 Å². The average molecular weight is 265 g/mol. The van der Waals surface area contributed by atoms with E-state index < -0.39 is 0 Å². The van der Waals surface area contributed by atoms with Crippen molar-refractivity contribution in [3.05, 3.63) is 34.3 Å². The molecule has 0 spiro atoms. The van der Waals surface area contributed by atoms with Gasteiger partial charge in [-0.3, -0.25) is 14.9 Å². The highest BCUT2D eigenvalue weighted by Gasteiger charge is 2.13. The maximum atomic E-state index is 11.6. The van der Waals surface area contributed by atoms with Gasteiger partial charge in [-0.1, -0.05) is 6.07 Å². The highest BCUT2D eigenvalue weighted by Crippen LogP contribution is 2.11. The Hall–Kier alpha value is -2.15. The third-order valence-electron chi connectivity index (χ3n) is 2.13. The molecule has 6 nitrogen and oxygen atoms in total. The summed E-state index contributed by atoms with van der Waals surface area (Å²) >= 11 is 1.50. The highest BCUT2D eigenvalue weighted by atomic mass is 32.1. The predicted molar refractivity (Wildman–Crippen MR) is 66.5 cm³/mol. The summed E-state index contributed by atoms with van der Waals surface area (Å²) in [6.07, 6.45) is 1.45. The molecular formula is C11H11N3O3S. The molecule has 7 heteroatoms. The molecule has 2 aromatic rings. The van der Waals surface area contributed by atoms with E-state index in [9.17, 15) is 9.59 Å². The molecule has 0 aliphatic carbocycles. The van der Waals surface area contributed by atoms with Crippen molar-refractivity contribution in [2.75, 3.05) is 12.4 Å². The zero-order chi connectivity index (χ0) is 13.0. The molecule has 0 unspecified atom stereocenters.